The zero-order valence-corrected chi connectivity index (χ0v) is 13.5. The Labute approximate surface area is 138 Å². The largest absolute Gasteiger partial charge is 0.386 e. The molecule has 24 heavy (non-hydrogen) atoms. The molecule has 0 spiro atoms. The van der Waals surface area contributed by atoms with Crippen LogP contribution in [0.5, 0.6) is 0 Å². The van der Waals surface area contributed by atoms with E-state index in [0.717, 1.165) is 11.1 Å². The number of rotatable bonds is 6. The van der Waals surface area contributed by atoms with E-state index in [4.69, 9.17) is 10.5 Å². The van der Waals surface area contributed by atoms with Crippen LogP contribution in [0.4, 0.5) is 0 Å². The van der Waals surface area contributed by atoms with Crippen LogP contribution in [-0.4, -0.2) is 49.7 Å². The summed E-state index contributed by atoms with van der Waals surface area (Å²) in [7, 11) is 1.54. The number of hydrogen-bond acceptors (Lipinski definition) is 5. The second-order valence-electron chi connectivity index (χ2n) is 6.02. The number of nitrogens with zero attached hydrogens (tertiary/aromatic N) is 4. The van der Waals surface area contributed by atoms with E-state index in [1.165, 1.54) is 6.20 Å². The third-order valence-electron chi connectivity index (χ3n) is 3.71. The van der Waals surface area contributed by atoms with Crippen molar-refractivity contribution in [2.45, 2.75) is 19.1 Å². The second kappa shape index (κ2) is 6.06. The summed E-state index contributed by atoms with van der Waals surface area (Å²) in [6.45, 7) is 2.21. The van der Waals surface area contributed by atoms with E-state index in [9.17, 15) is 9.90 Å². The van der Waals surface area contributed by atoms with Crippen molar-refractivity contribution in [1.82, 2.24) is 19.4 Å². The maximum atomic E-state index is 11.5. The van der Waals surface area contributed by atoms with Gasteiger partial charge in [0.15, 0.2) is 0 Å². The molecule has 0 radical (unpaired) electrons. The Balaban J connectivity index is 1.91. The normalized spacial score (nSPS) is 14.0. The number of fused-ring (bicyclic) bond motifs is 1. The van der Waals surface area contributed by atoms with Gasteiger partial charge in [-0.25, -0.2) is 4.52 Å². The molecule has 8 heteroatoms. The minimum atomic E-state index is -1.01. The second-order valence-corrected chi connectivity index (χ2v) is 6.02. The highest BCUT2D eigenvalue weighted by Crippen LogP contribution is 2.22. The molecule has 1 amide bonds. The van der Waals surface area contributed by atoms with Crippen molar-refractivity contribution in [3.05, 3.63) is 42.5 Å². The van der Waals surface area contributed by atoms with E-state index in [1.807, 2.05) is 18.3 Å². The van der Waals surface area contributed by atoms with Gasteiger partial charge in [0.25, 0.3) is 5.91 Å². The van der Waals surface area contributed by atoms with Gasteiger partial charge in [-0.05, 0) is 24.6 Å². The summed E-state index contributed by atoms with van der Waals surface area (Å²) >= 11 is 0. The number of carbonyl (C=O) groups is 1. The summed E-state index contributed by atoms with van der Waals surface area (Å²) in [6.07, 6.45) is 6.74. The Morgan fingerprint density at radius 2 is 2.17 bits per heavy atom. The Morgan fingerprint density at radius 3 is 2.88 bits per heavy atom. The molecule has 3 aromatic rings. The predicted octanol–water partition coefficient (Wildman–Crippen LogP) is 0.694. The van der Waals surface area contributed by atoms with Gasteiger partial charge >= 0.3 is 0 Å². The summed E-state index contributed by atoms with van der Waals surface area (Å²) in [5, 5.41) is 18.6. The van der Waals surface area contributed by atoms with Crippen LogP contribution in [0.1, 0.15) is 17.3 Å². The first-order valence-corrected chi connectivity index (χ1v) is 7.41. The van der Waals surface area contributed by atoms with Gasteiger partial charge < -0.3 is 15.6 Å². The molecule has 8 nitrogen and oxygen atoms in total. The van der Waals surface area contributed by atoms with E-state index < -0.39 is 11.5 Å². The van der Waals surface area contributed by atoms with E-state index in [2.05, 4.69) is 10.2 Å². The zero-order chi connectivity index (χ0) is 17.3. The van der Waals surface area contributed by atoms with Crippen LogP contribution in [0.25, 0.3) is 16.6 Å². The Morgan fingerprint density at radius 1 is 1.38 bits per heavy atom. The van der Waals surface area contributed by atoms with Crippen LogP contribution in [0.15, 0.2) is 36.9 Å². The summed E-state index contributed by atoms with van der Waals surface area (Å²) in [6, 6.07) is 3.71. The lowest BCUT2D eigenvalue weighted by atomic mass is 10.1. The molecule has 0 aliphatic heterocycles. The molecular formula is C16H19N5O3. The van der Waals surface area contributed by atoms with Gasteiger partial charge in [0, 0.05) is 25.1 Å². The lowest BCUT2D eigenvalue weighted by Crippen LogP contribution is -2.35. The average molecular weight is 329 g/mol. The number of carbonyl (C=O) groups excluding carboxylic acids is 1. The highest BCUT2D eigenvalue weighted by Gasteiger charge is 2.21. The fraction of sp³-hybridized carbons (Fsp3) is 0.312. The van der Waals surface area contributed by atoms with Gasteiger partial charge in [0.1, 0.15) is 5.60 Å². The molecule has 0 aliphatic carbocycles. The molecule has 1 atom stereocenters. The number of methoxy groups -OCH3 is 1. The molecule has 126 valence electrons. The number of pyridine rings is 1. The van der Waals surface area contributed by atoms with Gasteiger partial charge in [-0.15, -0.1) is 0 Å². The molecule has 0 aromatic carbocycles. The maximum Gasteiger partial charge on any atom is 0.252 e. The molecule has 3 heterocycles. The molecule has 0 saturated heterocycles. The molecule has 0 saturated carbocycles. The molecule has 3 rings (SSSR count). The zero-order valence-electron chi connectivity index (χ0n) is 13.5. The number of amides is 1. The van der Waals surface area contributed by atoms with Crippen molar-refractivity contribution >= 4 is 11.4 Å². The van der Waals surface area contributed by atoms with E-state index in [-0.39, 0.29) is 6.61 Å². The molecule has 3 N–H and O–H groups in total. The van der Waals surface area contributed by atoms with Crippen molar-refractivity contribution in [1.29, 1.82) is 0 Å². The molecule has 3 aromatic heterocycles. The van der Waals surface area contributed by atoms with Crippen molar-refractivity contribution in [3.63, 3.8) is 0 Å². The van der Waals surface area contributed by atoms with Gasteiger partial charge in [0.05, 0.1) is 36.6 Å². The summed E-state index contributed by atoms with van der Waals surface area (Å²) < 4.78 is 8.25. The summed E-state index contributed by atoms with van der Waals surface area (Å²) in [5.74, 6) is -0.520. The SMILES string of the molecule is COC[C@@](C)(O)Cn1cc(-c2ccn3ncc(C(N)=O)c3c2)cn1. The smallest absolute Gasteiger partial charge is 0.252 e. The van der Waals surface area contributed by atoms with Crippen molar-refractivity contribution < 1.29 is 14.6 Å². The average Bonchev–Trinajstić information content (AvgIpc) is 3.12. The standard InChI is InChI=1S/C16H19N5O3/c1-16(23,10-24-2)9-20-8-12(6-18-20)11-3-4-21-14(5-11)13(7-19-21)15(17)22/h3-8,23H,9-10H2,1-2H3,(H2,17,22)/t16-/m0/s1. The number of primary amides is 1. The van der Waals surface area contributed by atoms with Gasteiger partial charge in [-0.2, -0.15) is 10.2 Å². The fourth-order valence-electron chi connectivity index (χ4n) is 2.65. The van der Waals surface area contributed by atoms with Crippen LogP contribution in [0.2, 0.25) is 0 Å². The Hall–Kier alpha value is -2.71. The van der Waals surface area contributed by atoms with Crippen LogP contribution < -0.4 is 5.73 Å². The van der Waals surface area contributed by atoms with Gasteiger partial charge in [0.2, 0.25) is 0 Å². The summed E-state index contributed by atoms with van der Waals surface area (Å²) in [5.41, 5.74) is 7.11. The summed E-state index contributed by atoms with van der Waals surface area (Å²) in [4.78, 5) is 11.5. The predicted molar refractivity (Wildman–Crippen MR) is 87.4 cm³/mol. The van der Waals surface area contributed by atoms with Crippen molar-refractivity contribution in [3.8, 4) is 11.1 Å². The monoisotopic (exact) mass is 329 g/mol. The molecule has 0 fully saturated rings. The Bertz CT molecular complexity index is 881. The van der Waals surface area contributed by atoms with Crippen LogP contribution in [0.3, 0.4) is 0 Å². The lowest BCUT2D eigenvalue weighted by molar-refractivity contribution is -0.0308. The van der Waals surface area contributed by atoms with Crippen molar-refractivity contribution in [2.75, 3.05) is 13.7 Å². The van der Waals surface area contributed by atoms with Crippen LogP contribution >= 0.6 is 0 Å². The highest BCUT2D eigenvalue weighted by molar-refractivity contribution is 6.00. The fourth-order valence-corrected chi connectivity index (χ4v) is 2.65. The topological polar surface area (TPSA) is 108 Å². The van der Waals surface area contributed by atoms with Gasteiger partial charge in [-0.1, -0.05) is 0 Å². The first kappa shape index (κ1) is 16.2. The molecular weight excluding hydrogens is 310 g/mol. The van der Waals surface area contributed by atoms with Crippen LogP contribution in [0, 0.1) is 0 Å². The number of aromatic nitrogens is 4. The highest BCUT2D eigenvalue weighted by atomic mass is 16.5. The van der Waals surface area contributed by atoms with E-state index in [1.54, 1.807) is 35.6 Å². The molecule has 0 aliphatic rings. The molecule has 0 unspecified atom stereocenters. The Kier molecular flexibility index (Phi) is 4.08. The maximum absolute atomic E-state index is 11.5. The minimum absolute atomic E-state index is 0.214. The number of ether oxygens (including phenoxy) is 1. The third kappa shape index (κ3) is 3.15. The molecule has 0 bridgehead atoms. The van der Waals surface area contributed by atoms with Gasteiger partial charge in [-0.3, -0.25) is 9.48 Å². The van der Waals surface area contributed by atoms with Crippen molar-refractivity contribution in [2.24, 2.45) is 5.73 Å². The van der Waals surface area contributed by atoms with E-state index in [0.29, 0.717) is 17.6 Å². The first-order valence-electron chi connectivity index (χ1n) is 7.41. The number of nitrogens with two attached hydrogens (primary N) is 1. The lowest BCUT2D eigenvalue weighted by Gasteiger charge is -2.21. The minimum Gasteiger partial charge on any atom is -0.386 e. The third-order valence-corrected chi connectivity index (χ3v) is 3.71. The van der Waals surface area contributed by atoms with Crippen LogP contribution in [-0.2, 0) is 11.3 Å². The quantitative estimate of drug-likeness (QED) is 0.692. The number of hydrogen-bond donors (Lipinski definition) is 2. The van der Waals surface area contributed by atoms with E-state index >= 15 is 0 Å². The first-order chi connectivity index (χ1) is 11.4. The number of aliphatic hydroxyl groups is 1.